The molecule has 0 saturated carbocycles. The van der Waals surface area contributed by atoms with Gasteiger partial charge in [0.2, 0.25) is 0 Å². The van der Waals surface area contributed by atoms with E-state index >= 15 is 0 Å². The van der Waals surface area contributed by atoms with Crippen molar-refractivity contribution in [3.63, 3.8) is 0 Å². The van der Waals surface area contributed by atoms with Gasteiger partial charge in [-0.3, -0.25) is 9.69 Å². The highest BCUT2D eigenvalue weighted by Crippen LogP contribution is 2.23. The number of nitrogens with zero attached hydrogens (tertiary/aromatic N) is 1. The number of rotatable bonds is 5. The summed E-state index contributed by atoms with van der Waals surface area (Å²) in [6.45, 7) is 5.50. The summed E-state index contributed by atoms with van der Waals surface area (Å²) in [4.78, 5) is 17.7. The summed E-state index contributed by atoms with van der Waals surface area (Å²) in [6.07, 6.45) is 3.44. The van der Waals surface area contributed by atoms with Gasteiger partial charge in [-0.05, 0) is 17.7 Å². The number of nitrogens with one attached hydrogen (secondary N) is 3. The van der Waals surface area contributed by atoms with Crippen LogP contribution in [0.15, 0.2) is 36.7 Å². The number of benzene rings is 1. The number of hydrogen-bond acceptors (Lipinski definition) is 3. The van der Waals surface area contributed by atoms with Crippen molar-refractivity contribution in [2.75, 3.05) is 39.3 Å². The van der Waals surface area contributed by atoms with Gasteiger partial charge in [0.25, 0.3) is 5.91 Å². The second-order valence-corrected chi connectivity index (χ2v) is 5.64. The van der Waals surface area contributed by atoms with Crippen molar-refractivity contribution in [3.8, 4) is 11.1 Å². The molecule has 1 aromatic carbocycles. The predicted octanol–water partition coefficient (Wildman–Crippen LogP) is 1.46. The minimum absolute atomic E-state index is 0.110. The lowest BCUT2D eigenvalue weighted by molar-refractivity contribution is 0.0948. The van der Waals surface area contributed by atoms with Crippen molar-refractivity contribution in [1.29, 1.82) is 0 Å². The third-order valence-corrected chi connectivity index (χ3v) is 4.07. The Bertz CT molecular complexity index is 647. The summed E-state index contributed by atoms with van der Waals surface area (Å²) in [5, 5.41) is 6.26. The first kappa shape index (κ1) is 15.7. The Labute approximate surface area is 134 Å². The zero-order valence-corrected chi connectivity index (χ0v) is 12.9. The van der Waals surface area contributed by atoms with Crippen LogP contribution in [0.25, 0.3) is 11.1 Å². The molecule has 122 valence electrons. The number of aromatic nitrogens is 1. The molecular formula is C17H21FN4O. The number of carbonyl (C=O) groups is 1. The molecule has 1 amide bonds. The van der Waals surface area contributed by atoms with Crippen LogP contribution in [0.2, 0.25) is 0 Å². The molecule has 1 aliphatic heterocycles. The van der Waals surface area contributed by atoms with Crippen molar-refractivity contribution in [1.82, 2.24) is 20.5 Å². The molecule has 23 heavy (non-hydrogen) atoms. The normalized spacial score (nSPS) is 15.5. The molecule has 5 nitrogen and oxygen atoms in total. The smallest absolute Gasteiger partial charge is 0.253 e. The van der Waals surface area contributed by atoms with Crippen LogP contribution in [0.1, 0.15) is 10.4 Å². The number of piperazine rings is 1. The van der Waals surface area contributed by atoms with Crippen molar-refractivity contribution >= 4 is 5.91 Å². The Morgan fingerprint density at radius 1 is 1.17 bits per heavy atom. The van der Waals surface area contributed by atoms with Crippen LogP contribution < -0.4 is 10.6 Å². The van der Waals surface area contributed by atoms with E-state index in [-0.39, 0.29) is 11.7 Å². The fourth-order valence-electron chi connectivity index (χ4n) is 2.78. The zero-order valence-electron chi connectivity index (χ0n) is 12.9. The molecule has 0 unspecified atom stereocenters. The highest BCUT2D eigenvalue weighted by molar-refractivity contribution is 6.00. The molecule has 0 bridgehead atoms. The van der Waals surface area contributed by atoms with Crippen LogP contribution in [0, 0.1) is 5.82 Å². The molecule has 1 fully saturated rings. The third kappa shape index (κ3) is 3.97. The van der Waals surface area contributed by atoms with E-state index in [0.717, 1.165) is 43.9 Å². The Morgan fingerprint density at radius 2 is 1.91 bits per heavy atom. The van der Waals surface area contributed by atoms with Gasteiger partial charge in [0.05, 0.1) is 5.56 Å². The molecule has 3 N–H and O–H groups in total. The van der Waals surface area contributed by atoms with E-state index in [1.165, 1.54) is 12.1 Å². The monoisotopic (exact) mass is 316 g/mol. The molecule has 0 radical (unpaired) electrons. The molecule has 2 aromatic rings. The lowest BCUT2D eigenvalue weighted by atomic mass is 10.0. The number of carbonyl (C=O) groups excluding carboxylic acids is 1. The topological polar surface area (TPSA) is 60.2 Å². The molecule has 0 spiro atoms. The number of H-pyrrole nitrogens is 1. The number of halogens is 1. The highest BCUT2D eigenvalue weighted by Gasteiger charge is 2.15. The average Bonchev–Trinajstić information content (AvgIpc) is 3.06. The minimum Gasteiger partial charge on any atom is -0.366 e. The van der Waals surface area contributed by atoms with Crippen molar-refractivity contribution in [3.05, 3.63) is 48.0 Å². The van der Waals surface area contributed by atoms with Crippen LogP contribution in [0.5, 0.6) is 0 Å². The SMILES string of the molecule is O=C(NCCN1CCNCC1)c1c[nH]cc1-c1ccc(F)cc1. The van der Waals surface area contributed by atoms with Crippen molar-refractivity contribution < 1.29 is 9.18 Å². The van der Waals surface area contributed by atoms with E-state index < -0.39 is 0 Å². The first-order valence-corrected chi connectivity index (χ1v) is 7.88. The molecule has 2 heterocycles. The highest BCUT2D eigenvalue weighted by atomic mass is 19.1. The summed E-state index contributed by atoms with van der Waals surface area (Å²) >= 11 is 0. The van der Waals surface area contributed by atoms with Crippen LogP contribution in [0.4, 0.5) is 4.39 Å². The molecule has 1 saturated heterocycles. The van der Waals surface area contributed by atoms with E-state index in [4.69, 9.17) is 0 Å². The van der Waals surface area contributed by atoms with Crippen LogP contribution in [-0.4, -0.2) is 55.1 Å². The van der Waals surface area contributed by atoms with Gasteiger partial charge in [0.15, 0.2) is 0 Å². The first-order valence-electron chi connectivity index (χ1n) is 7.88. The van der Waals surface area contributed by atoms with Gasteiger partial charge in [0.1, 0.15) is 5.82 Å². The second kappa shape index (κ2) is 7.39. The summed E-state index contributed by atoms with van der Waals surface area (Å²) in [6, 6.07) is 6.15. The molecular weight excluding hydrogens is 295 g/mol. The average molecular weight is 316 g/mol. The third-order valence-electron chi connectivity index (χ3n) is 4.07. The minimum atomic E-state index is -0.286. The first-order chi connectivity index (χ1) is 11.2. The fourth-order valence-corrected chi connectivity index (χ4v) is 2.78. The largest absolute Gasteiger partial charge is 0.366 e. The Hall–Kier alpha value is -2.18. The number of hydrogen-bond donors (Lipinski definition) is 3. The molecule has 1 aromatic heterocycles. The fraction of sp³-hybridized carbons (Fsp3) is 0.353. The molecule has 6 heteroatoms. The maximum atomic E-state index is 13.0. The maximum Gasteiger partial charge on any atom is 0.253 e. The van der Waals surface area contributed by atoms with Crippen LogP contribution in [0.3, 0.4) is 0 Å². The van der Waals surface area contributed by atoms with Crippen molar-refractivity contribution in [2.45, 2.75) is 0 Å². The lowest BCUT2D eigenvalue weighted by Gasteiger charge is -2.27. The van der Waals surface area contributed by atoms with Crippen LogP contribution in [-0.2, 0) is 0 Å². The quantitative estimate of drug-likeness (QED) is 0.782. The maximum absolute atomic E-state index is 13.0. The van der Waals surface area contributed by atoms with Crippen LogP contribution >= 0.6 is 0 Å². The standard InChI is InChI=1S/C17H21FN4O/c18-14-3-1-13(2-4-14)15-11-20-12-16(15)17(23)21-7-10-22-8-5-19-6-9-22/h1-4,11-12,19-20H,5-10H2,(H,21,23). The van der Waals surface area contributed by atoms with Crippen molar-refractivity contribution in [2.24, 2.45) is 0 Å². The summed E-state index contributed by atoms with van der Waals surface area (Å²) < 4.78 is 13.0. The van der Waals surface area contributed by atoms with E-state index in [1.807, 2.05) is 0 Å². The van der Waals surface area contributed by atoms with E-state index in [1.54, 1.807) is 24.5 Å². The molecule has 1 aliphatic rings. The van der Waals surface area contributed by atoms with E-state index in [2.05, 4.69) is 20.5 Å². The summed E-state index contributed by atoms with van der Waals surface area (Å²) in [5.41, 5.74) is 2.18. The van der Waals surface area contributed by atoms with Gasteiger partial charge in [-0.25, -0.2) is 4.39 Å². The molecule has 0 atom stereocenters. The molecule has 0 aliphatic carbocycles. The van der Waals surface area contributed by atoms with E-state index in [0.29, 0.717) is 12.1 Å². The van der Waals surface area contributed by atoms with Gasteiger partial charge in [-0.15, -0.1) is 0 Å². The van der Waals surface area contributed by atoms with E-state index in [9.17, 15) is 9.18 Å². The summed E-state index contributed by atoms with van der Waals surface area (Å²) in [5.74, 6) is -0.396. The zero-order chi connectivity index (χ0) is 16.1. The molecule has 3 rings (SSSR count). The Balaban J connectivity index is 1.59. The van der Waals surface area contributed by atoms with Gasteiger partial charge in [-0.1, -0.05) is 12.1 Å². The van der Waals surface area contributed by atoms with Gasteiger partial charge < -0.3 is 15.6 Å². The second-order valence-electron chi connectivity index (χ2n) is 5.64. The predicted molar refractivity (Wildman–Crippen MR) is 87.8 cm³/mol. The summed E-state index contributed by atoms with van der Waals surface area (Å²) in [7, 11) is 0. The van der Waals surface area contributed by atoms with Gasteiger partial charge in [-0.2, -0.15) is 0 Å². The van der Waals surface area contributed by atoms with Gasteiger partial charge in [0, 0.05) is 57.2 Å². The number of amides is 1. The number of aromatic amines is 1. The Morgan fingerprint density at radius 3 is 2.65 bits per heavy atom. The lowest BCUT2D eigenvalue weighted by Crippen LogP contribution is -2.46. The Kier molecular flexibility index (Phi) is 5.05. The van der Waals surface area contributed by atoms with Gasteiger partial charge >= 0.3 is 0 Å².